The molecule has 122 valence electrons. The van der Waals surface area contributed by atoms with Crippen LogP contribution in [0.1, 0.15) is 24.1 Å². The highest BCUT2D eigenvalue weighted by molar-refractivity contribution is 6.31. The Bertz CT molecular complexity index is 706. The second-order valence-electron chi connectivity index (χ2n) is 4.61. The molecule has 0 fully saturated rings. The molecule has 0 radical (unpaired) electrons. The van der Waals surface area contributed by atoms with Gasteiger partial charge >= 0.3 is 0 Å². The summed E-state index contributed by atoms with van der Waals surface area (Å²) in [6, 6.07) is 6.59. The molecule has 0 aliphatic rings. The van der Waals surface area contributed by atoms with E-state index in [9.17, 15) is 19.6 Å². The minimum Gasteiger partial charge on any atom is -0.478 e. The molecule has 1 aromatic carbocycles. The Morgan fingerprint density at radius 2 is 2.17 bits per heavy atom. The van der Waals surface area contributed by atoms with Crippen molar-refractivity contribution < 1.29 is 19.2 Å². The van der Waals surface area contributed by atoms with Crippen molar-refractivity contribution in [2.45, 2.75) is 12.8 Å². The average Bonchev–Trinajstić information content (AvgIpc) is 2.51. The summed E-state index contributed by atoms with van der Waals surface area (Å²) in [5.41, 5.74) is -0.483. The third-order valence-electron chi connectivity index (χ3n) is 3.23. The van der Waals surface area contributed by atoms with E-state index in [2.05, 4.69) is 4.98 Å². The van der Waals surface area contributed by atoms with Crippen LogP contribution in [-0.2, 0) is 0 Å². The van der Waals surface area contributed by atoms with Crippen molar-refractivity contribution in [3.63, 3.8) is 0 Å². The lowest BCUT2D eigenvalue weighted by atomic mass is 9.94. The number of aliphatic hydroxyl groups excluding tert-OH is 1. The first-order valence-corrected chi connectivity index (χ1v) is 7.20. The lowest BCUT2D eigenvalue weighted by molar-refractivity contribution is -0.386. The number of aliphatic hydroxyl groups is 1. The number of nitro groups is 1. The molecule has 0 amide bonds. The average molecular weight is 341 g/mol. The van der Waals surface area contributed by atoms with Crippen LogP contribution in [-0.4, -0.2) is 28.2 Å². The van der Waals surface area contributed by atoms with E-state index in [1.807, 2.05) is 0 Å². The second-order valence-corrected chi connectivity index (χ2v) is 5.02. The Kier molecular flexibility index (Phi) is 5.46. The maximum absolute atomic E-state index is 14.1. The zero-order valence-corrected chi connectivity index (χ0v) is 13.0. The monoisotopic (exact) mass is 340 g/mol. The zero-order chi connectivity index (χ0) is 17.0. The number of rotatable bonds is 6. The van der Waals surface area contributed by atoms with Crippen LogP contribution in [0.2, 0.25) is 5.02 Å². The smallest absolute Gasteiger partial charge is 0.291 e. The van der Waals surface area contributed by atoms with Gasteiger partial charge < -0.3 is 9.84 Å². The zero-order valence-electron chi connectivity index (χ0n) is 12.2. The van der Waals surface area contributed by atoms with E-state index < -0.39 is 23.3 Å². The lowest BCUT2D eigenvalue weighted by Crippen LogP contribution is -2.14. The van der Waals surface area contributed by atoms with Gasteiger partial charge in [0, 0.05) is 22.7 Å². The molecular weight excluding hydrogens is 327 g/mol. The van der Waals surface area contributed by atoms with Crippen molar-refractivity contribution in [3.05, 3.63) is 62.5 Å². The van der Waals surface area contributed by atoms with Crippen LogP contribution in [0.15, 0.2) is 30.3 Å². The van der Waals surface area contributed by atoms with E-state index in [4.69, 9.17) is 16.3 Å². The maximum atomic E-state index is 14.1. The fourth-order valence-corrected chi connectivity index (χ4v) is 2.54. The van der Waals surface area contributed by atoms with Gasteiger partial charge in [0.05, 0.1) is 24.1 Å². The largest absolute Gasteiger partial charge is 0.478 e. The molecule has 1 N–H and O–H groups in total. The number of hydrogen-bond donors (Lipinski definition) is 1. The topological polar surface area (TPSA) is 85.5 Å². The predicted molar refractivity (Wildman–Crippen MR) is 82.4 cm³/mol. The molecule has 0 spiro atoms. The number of halogens is 2. The molecule has 6 nitrogen and oxygen atoms in total. The summed E-state index contributed by atoms with van der Waals surface area (Å²) in [6.07, 6.45) is 0. The molecule has 0 aliphatic heterocycles. The Morgan fingerprint density at radius 3 is 2.74 bits per heavy atom. The first kappa shape index (κ1) is 17.1. The number of nitrogens with zero attached hydrogens (tertiary/aromatic N) is 2. The molecule has 1 aromatic heterocycles. The molecule has 1 atom stereocenters. The van der Waals surface area contributed by atoms with E-state index in [1.54, 1.807) is 6.92 Å². The third-order valence-corrected chi connectivity index (χ3v) is 3.56. The molecule has 2 rings (SSSR count). The van der Waals surface area contributed by atoms with Crippen molar-refractivity contribution in [2.24, 2.45) is 0 Å². The molecule has 0 saturated carbocycles. The summed E-state index contributed by atoms with van der Waals surface area (Å²) in [4.78, 5) is 14.6. The van der Waals surface area contributed by atoms with Gasteiger partial charge in [-0.25, -0.2) is 9.37 Å². The van der Waals surface area contributed by atoms with Crippen LogP contribution >= 0.6 is 11.6 Å². The standard InChI is InChI=1S/C15H14ClFN2O4/c1-2-23-13-7-6-12(19(21)22)15(18-13)9(8-20)14-10(16)4-3-5-11(14)17/h3-7,9,20H,2,8H2,1H3. The fourth-order valence-electron chi connectivity index (χ4n) is 2.25. The van der Waals surface area contributed by atoms with Crippen LogP contribution in [0.3, 0.4) is 0 Å². The van der Waals surface area contributed by atoms with Gasteiger partial charge in [-0.15, -0.1) is 0 Å². The highest BCUT2D eigenvalue weighted by Gasteiger charge is 2.29. The van der Waals surface area contributed by atoms with Crippen molar-refractivity contribution in [2.75, 3.05) is 13.2 Å². The van der Waals surface area contributed by atoms with E-state index in [-0.39, 0.29) is 27.8 Å². The molecule has 1 heterocycles. The van der Waals surface area contributed by atoms with Crippen molar-refractivity contribution >= 4 is 17.3 Å². The number of aromatic nitrogens is 1. The van der Waals surface area contributed by atoms with E-state index in [1.165, 1.54) is 30.3 Å². The second kappa shape index (κ2) is 7.34. The van der Waals surface area contributed by atoms with Gasteiger partial charge in [0.15, 0.2) is 0 Å². The Morgan fingerprint density at radius 1 is 1.43 bits per heavy atom. The maximum Gasteiger partial charge on any atom is 0.291 e. The van der Waals surface area contributed by atoms with Gasteiger partial charge in [-0.2, -0.15) is 0 Å². The van der Waals surface area contributed by atoms with Gasteiger partial charge in [0.2, 0.25) is 5.88 Å². The number of benzene rings is 1. The molecule has 2 aromatic rings. The minimum atomic E-state index is -1.08. The molecule has 0 bridgehead atoms. The summed E-state index contributed by atoms with van der Waals surface area (Å²) in [7, 11) is 0. The molecule has 8 heteroatoms. The Labute approximate surface area is 136 Å². The molecule has 0 saturated heterocycles. The minimum absolute atomic E-state index is 0.0408. The summed E-state index contributed by atoms with van der Waals surface area (Å²) in [6.45, 7) is 1.46. The van der Waals surface area contributed by atoms with Crippen LogP contribution in [0, 0.1) is 15.9 Å². The van der Waals surface area contributed by atoms with Crippen LogP contribution in [0.5, 0.6) is 5.88 Å². The van der Waals surface area contributed by atoms with Crippen LogP contribution in [0.4, 0.5) is 10.1 Å². The summed E-state index contributed by atoms with van der Waals surface area (Å²) < 4.78 is 19.4. The number of hydrogen-bond acceptors (Lipinski definition) is 5. The molecule has 23 heavy (non-hydrogen) atoms. The highest BCUT2D eigenvalue weighted by Crippen LogP contribution is 2.36. The molecule has 1 unspecified atom stereocenters. The molecular formula is C15H14ClFN2O4. The number of ether oxygens (including phenoxy) is 1. The fraction of sp³-hybridized carbons (Fsp3) is 0.267. The van der Waals surface area contributed by atoms with Crippen LogP contribution in [0.25, 0.3) is 0 Å². The van der Waals surface area contributed by atoms with Crippen molar-refractivity contribution in [1.82, 2.24) is 4.98 Å². The Hall–Kier alpha value is -2.25. The van der Waals surface area contributed by atoms with Gasteiger partial charge in [0.1, 0.15) is 11.5 Å². The van der Waals surface area contributed by atoms with Crippen LogP contribution < -0.4 is 4.74 Å². The van der Waals surface area contributed by atoms with Crippen molar-refractivity contribution in [1.29, 1.82) is 0 Å². The van der Waals surface area contributed by atoms with Gasteiger partial charge in [-0.3, -0.25) is 10.1 Å². The SMILES string of the molecule is CCOc1ccc([N+](=O)[O-])c(C(CO)c2c(F)cccc2Cl)n1. The predicted octanol–water partition coefficient (Wildman–Crippen LogP) is 3.31. The van der Waals surface area contributed by atoms with Gasteiger partial charge in [0.25, 0.3) is 5.69 Å². The molecule has 0 aliphatic carbocycles. The first-order chi connectivity index (χ1) is 11.0. The van der Waals surface area contributed by atoms with Crippen molar-refractivity contribution in [3.8, 4) is 5.88 Å². The lowest BCUT2D eigenvalue weighted by Gasteiger charge is -2.17. The quantitative estimate of drug-likeness (QED) is 0.644. The van der Waals surface area contributed by atoms with Gasteiger partial charge in [-0.1, -0.05) is 17.7 Å². The normalized spacial score (nSPS) is 12.0. The summed E-state index contributed by atoms with van der Waals surface area (Å²) >= 11 is 6.01. The third kappa shape index (κ3) is 3.57. The van der Waals surface area contributed by atoms with Gasteiger partial charge in [-0.05, 0) is 19.1 Å². The Balaban J connectivity index is 2.64. The first-order valence-electron chi connectivity index (χ1n) is 6.82. The summed E-state index contributed by atoms with van der Waals surface area (Å²) in [5.74, 6) is -1.60. The highest BCUT2D eigenvalue weighted by atomic mass is 35.5. The van der Waals surface area contributed by atoms with E-state index >= 15 is 0 Å². The van der Waals surface area contributed by atoms with E-state index in [0.717, 1.165) is 0 Å². The summed E-state index contributed by atoms with van der Waals surface area (Å²) in [5, 5.41) is 21.0. The number of pyridine rings is 1. The van der Waals surface area contributed by atoms with E-state index in [0.29, 0.717) is 6.61 Å².